The van der Waals surface area contributed by atoms with E-state index in [4.69, 9.17) is 0 Å². The van der Waals surface area contributed by atoms with Gasteiger partial charge in [0.25, 0.3) is 0 Å². The molecule has 0 aliphatic heterocycles. The Morgan fingerprint density at radius 3 is 2.48 bits per heavy atom. The van der Waals surface area contributed by atoms with Gasteiger partial charge >= 0.3 is 5.97 Å². The molecule has 0 aromatic heterocycles. The number of carbonyl (C=O) groups excluding carboxylic acids is 1. The van der Waals surface area contributed by atoms with Crippen LogP contribution in [0.15, 0.2) is 24.3 Å². The second-order valence-corrected chi connectivity index (χ2v) is 6.05. The van der Waals surface area contributed by atoms with Crippen LogP contribution in [0.2, 0.25) is 0 Å². The highest BCUT2D eigenvalue weighted by Crippen LogP contribution is 2.23. The third-order valence-electron chi connectivity index (χ3n) is 4.20. The van der Waals surface area contributed by atoms with Crippen molar-refractivity contribution >= 4 is 5.97 Å². The number of carbonyl (C=O) groups is 1. The summed E-state index contributed by atoms with van der Waals surface area (Å²) in [5, 5.41) is 0. The summed E-state index contributed by atoms with van der Waals surface area (Å²) in [6.45, 7) is 0. The number of rotatable bonds is 12. The zero-order valence-corrected chi connectivity index (χ0v) is 13.7. The van der Waals surface area contributed by atoms with Crippen LogP contribution in [-0.4, -0.2) is 13.1 Å². The molecule has 0 aromatic rings. The predicted molar refractivity (Wildman–Crippen MR) is 89.2 cm³/mol. The maximum absolute atomic E-state index is 10.9. The van der Waals surface area contributed by atoms with Crippen molar-refractivity contribution in [1.29, 1.82) is 0 Å². The first-order valence-electron chi connectivity index (χ1n) is 8.71. The standard InChI is InChI=1S/C19H32O2/c1-21-19(20)17-11-9-7-5-3-2-4-6-8-10-14-18-15-12-13-16-18/h3,5,12,15,18H,2,4,6-11,13-14,16-17H2,1H3. The lowest BCUT2D eigenvalue weighted by atomic mass is 10.00. The number of hydrogen-bond acceptors (Lipinski definition) is 2. The smallest absolute Gasteiger partial charge is 0.305 e. The Morgan fingerprint density at radius 1 is 1.10 bits per heavy atom. The second kappa shape index (κ2) is 12.7. The lowest BCUT2D eigenvalue weighted by Gasteiger charge is -2.06. The van der Waals surface area contributed by atoms with E-state index >= 15 is 0 Å². The van der Waals surface area contributed by atoms with Gasteiger partial charge in [0.15, 0.2) is 0 Å². The van der Waals surface area contributed by atoms with Crippen molar-refractivity contribution in [3.05, 3.63) is 24.3 Å². The first-order chi connectivity index (χ1) is 10.3. The number of esters is 1. The van der Waals surface area contributed by atoms with Crippen molar-refractivity contribution in [3.63, 3.8) is 0 Å². The molecule has 1 atom stereocenters. The number of ether oxygens (including phenoxy) is 1. The molecule has 0 fully saturated rings. The van der Waals surface area contributed by atoms with E-state index in [2.05, 4.69) is 29.0 Å². The third-order valence-corrected chi connectivity index (χ3v) is 4.20. The number of unbranched alkanes of at least 4 members (excludes halogenated alkanes) is 6. The maximum atomic E-state index is 10.9. The summed E-state index contributed by atoms with van der Waals surface area (Å²) in [5.41, 5.74) is 0. The summed E-state index contributed by atoms with van der Waals surface area (Å²) in [4.78, 5) is 10.9. The molecule has 1 aliphatic carbocycles. The van der Waals surface area contributed by atoms with Gasteiger partial charge in [0, 0.05) is 6.42 Å². The van der Waals surface area contributed by atoms with Gasteiger partial charge in [-0.05, 0) is 57.3 Å². The number of methoxy groups -OCH3 is 1. The fraction of sp³-hybridized carbons (Fsp3) is 0.737. The van der Waals surface area contributed by atoms with Crippen LogP contribution in [0.5, 0.6) is 0 Å². The van der Waals surface area contributed by atoms with Gasteiger partial charge in [0.05, 0.1) is 7.11 Å². The normalized spacial score (nSPS) is 17.7. The maximum Gasteiger partial charge on any atom is 0.305 e. The van der Waals surface area contributed by atoms with E-state index in [9.17, 15) is 4.79 Å². The largest absolute Gasteiger partial charge is 0.469 e. The van der Waals surface area contributed by atoms with E-state index < -0.39 is 0 Å². The summed E-state index contributed by atoms with van der Waals surface area (Å²) < 4.78 is 4.61. The van der Waals surface area contributed by atoms with E-state index in [1.54, 1.807) is 0 Å². The van der Waals surface area contributed by atoms with Gasteiger partial charge in [0.1, 0.15) is 0 Å². The molecule has 2 heteroatoms. The Bertz CT molecular complexity index is 318. The van der Waals surface area contributed by atoms with Crippen molar-refractivity contribution in [2.24, 2.45) is 5.92 Å². The molecule has 0 N–H and O–H groups in total. The topological polar surface area (TPSA) is 26.3 Å². The molecule has 0 amide bonds. The van der Waals surface area contributed by atoms with Crippen molar-refractivity contribution in [1.82, 2.24) is 0 Å². The molecule has 0 heterocycles. The summed E-state index contributed by atoms with van der Waals surface area (Å²) in [6, 6.07) is 0. The van der Waals surface area contributed by atoms with E-state index in [1.807, 2.05) is 0 Å². The van der Waals surface area contributed by atoms with E-state index in [0.29, 0.717) is 6.42 Å². The molecule has 120 valence electrons. The number of allylic oxidation sites excluding steroid dienone is 4. The zero-order chi connectivity index (χ0) is 15.2. The average molecular weight is 292 g/mol. The molecular weight excluding hydrogens is 260 g/mol. The van der Waals surface area contributed by atoms with E-state index in [-0.39, 0.29) is 5.97 Å². The minimum Gasteiger partial charge on any atom is -0.469 e. The molecular formula is C19H32O2. The van der Waals surface area contributed by atoms with Crippen LogP contribution in [0.3, 0.4) is 0 Å². The first kappa shape index (κ1) is 18.0. The quantitative estimate of drug-likeness (QED) is 0.266. The Balaban J connectivity index is 1.78. The highest BCUT2D eigenvalue weighted by Gasteiger charge is 2.07. The minimum atomic E-state index is -0.0907. The van der Waals surface area contributed by atoms with Crippen LogP contribution in [0.25, 0.3) is 0 Å². The number of hydrogen-bond donors (Lipinski definition) is 0. The van der Waals surface area contributed by atoms with Gasteiger partial charge in [-0.25, -0.2) is 0 Å². The van der Waals surface area contributed by atoms with Crippen molar-refractivity contribution < 1.29 is 9.53 Å². The first-order valence-corrected chi connectivity index (χ1v) is 8.71. The molecule has 2 nitrogen and oxygen atoms in total. The summed E-state index contributed by atoms with van der Waals surface area (Å²) in [6.07, 6.45) is 23.7. The SMILES string of the molecule is COC(=O)CCCCC=CCCCCCCC1C=CCC1. The predicted octanol–water partition coefficient (Wildman–Crippen LogP) is 5.58. The average Bonchev–Trinajstić information content (AvgIpc) is 3.01. The van der Waals surface area contributed by atoms with Gasteiger partial charge in [0.2, 0.25) is 0 Å². The van der Waals surface area contributed by atoms with Gasteiger partial charge in [-0.1, -0.05) is 43.6 Å². The molecule has 1 rings (SSSR count). The van der Waals surface area contributed by atoms with Crippen LogP contribution in [0, 0.1) is 5.92 Å². The van der Waals surface area contributed by atoms with Gasteiger partial charge in [-0.2, -0.15) is 0 Å². The monoisotopic (exact) mass is 292 g/mol. The Kier molecular flexibility index (Phi) is 10.9. The lowest BCUT2D eigenvalue weighted by molar-refractivity contribution is -0.140. The van der Waals surface area contributed by atoms with Gasteiger partial charge in [-0.15, -0.1) is 0 Å². The second-order valence-electron chi connectivity index (χ2n) is 6.05. The van der Waals surface area contributed by atoms with Crippen LogP contribution in [0.1, 0.15) is 77.0 Å². The molecule has 0 saturated heterocycles. The minimum absolute atomic E-state index is 0.0907. The molecule has 0 bridgehead atoms. The Hall–Kier alpha value is -1.05. The zero-order valence-electron chi connectivity index (χ0n) is 13.7. The molecule has 1 unspecified atom stereocenters. The fourth-order valence-electron chi connectivity index (χ4n) is 2.83. The van der Waals surface area contributed by atoms with Gasteiger partial charge in [-0.3, -0.25) is 4.79 Å². The van der Waals surface area contributed by atoms with Crippen LogP contribution < -0.4 is 0 Å². The summed E-state index contributed by atoms with van der Waals surface area (Å²) in [5.74, 6) is 0.793. The van der Waals surface area contributed by atoms with Crippen molar-refractivity contribution in [3.8, 4) is 0 Å². The molecule has 0 saturated carbocycles. The summed E-state index contributed by atoms with van der Waals surface area (Å²) in [7, 11) is 1.45. The van der Waals surface area contributed by atoms with E-state index in [0.717, 1.165) is 25.2 Å². The summed E-state index contributed by atoms with van der Waals surface area (Å²) >= 11 is 0. The van der Waals surface area contributed by atoms with Crippen molar-refractivity contribution in [2.75, 3.05) is 7.11 Å². The Morgan fingerprint density at radius 2 is 1.81 bits per heavy atom. The molecule has 0 aromatic carbocycles. The van der Waals surface area contributed by atoms with Gasteiger partial charge < -0.3 is 4.74 Å². The highest BCUT2D eigenvalue weighted by atomic mass is 16.5. The fourth-order valence-corrected chi connectivity index (χ4v) is 2.83. The van der Waals surface area contributed by atoms with Crippen molar-refractivity contribution in [2.45, 2.75) is 77.0 Å². The third kappa shape index (κ3) is 10.3. The van der Waals surface area contributed by atoms with Crippen LogP contribution in [-0.2, 0) is 9.53 Å². The highest BCUT2D eigenvalue weighted by molar-refractivity contribution is 5.68. The van der Waals surface area contributed by atoms with E-state index in [1.165, 1.54) is 58.5 Å². The molecule has 1 aliphatic rings. The molecule has 0 radical (unpaired) electrons. The van der Waals surface area contributed by atoms with Crippen LogP contribution in [0.4, 0.5) is 0 Å². The molecule has 21 heavy (non-hydrogen) atoms. The Labute approximate surface area is 130 Å². The lowest BCUT2D eigenvalue weighted by Crippen LogP contribution is -1.98. The van der Waals surface area contributed by atoms with Crippen LogP contribution >= 0.6 is 0 Å². The molecule has 0 spiro atoms.